The first kappa shape index (κ1) is 14.3. The average Bonchev–Trinajstić information content (AvgIpc) is 2.75. The predicted molar refractivity (Wildman–Crippen MR) is 83.7 cm³/mol. The van der Waals surface area contributed by atoms with Crippen LogP contribution < -0.4 is 5.32 Å². The van der Waals surface area contributed by atoms with Crippen molar-refractivity contribution in [3.63, 3.8) is 0 Å². The number of nitrogens with zero attached hydrogens (tertiary/aromatic N) is 1. The van der Waals surface area contributed by atoms with Crippen molar-refractivity contribution in [2.75, 3.05) is 5.75 Å². The molecule has 0 unspecified atom stereocenters. The van der Waals surface area contributed by atoms with Gasteiger partial charge in [0, 0.05) is 4.75 Å². The van der Waals surface area contributed by atoms with E-state index in [1.807, 2.05) is 24.3 Å². The maximum atomic E-state index is 11.7. The molecule has 1 aromatic heterocycles. The minimum atomic E-state index is 0.0687. The number of hydrogen-bond donors (Lipinski definition) is 1. The van der Waals surface area contributed by atoms with Gasteiger partial charge in [-0.15, -0.1) is 23.1 Å². The van der Waals surface area contributed by atoms with E-state index in [9.17, 15) is 4.79 Å². The normalized spacial score (nSPS) is 11.7. The lowest BCUT2D eigenvalue weighted by Crippen LogP contribution is -2.26. The first-order valence-electron chi connectivity index (χ1n) is 6.19. The Morgan fingerprint density at radius 1 is 1.37 bits per heavy atom. The summed E-state index contributed by atoms with van der Waals surface area (Å²) in [5.41, 5.74) is 1.00. The molecule has 1 N–H and O–H groups in total. The maximum Gasteiger partial charge on any atom is 0.230 e. The van der Waals surface area contributed by atoms with Crippen LogP contribution in [0.2, 0.25) is 0 Å². The van der Waals surface area contributed by atoms with Gasteiger partial charge in [-0.25, -0.2) is 4.98 Å². The van der Waals surface area contributed by atoms with Crippen molar-refractivity contribution >= 4 is 39.2 Å². The van der Waals surface area contributed by atoms with Gasteiger partial charge in [-0.05, 0) is 12.1 Å². The molecule has 1 amide bonds. The Morgan fingerprint density at radius 3 is 2.79 bits per heavy atom. The van der Waals surface area contributed by atoms with Gasteiger partial charge >= 0.3 is 0 Å². The molecule has 0 aliphatic rings. The number of amides is 1. The maximum absolute atomic E-state index is 11.7. The molecule has 1 heterocycles. The number of benzene rings is 1. The lowest BCUT2D eigenvalue weighted by Gasteiger charge is -2.16. The number of nitrogens with one attached hydrogen (secondary N) is 1. The molecule has 0 saturated carbocycles. The van der Waals surface area contributed by atoms with E-state index in [1.165, 1.54) is 0 Å². The van der Waals surface area contributed by atoms with Crippen molar-refractivity contribution in [3.8, 4) is 0 Å². The molecule has 19 heavy (non-hydrogen) atoms. The molecular weight excluding hydrogens is 276 g/mol. The van der Waals surface area contributed by atoms with Crippen LogP contribution in [0.15, 0.2) is 24.3 Å². The smallest absolute Gasteiger partial charge is 0.230 e. The summed E-state index contributed by atoms with van der Waals surface area (Å²) in [4.78, 5) is 16.2. The standard InChI is InChI=1S/C14H18N2OS2/c1-14(2,3)18-9-12(17)15-8-13-16-10-6-4-5-7-11(10)19-13/h4-7H,8-9H2,1-3H3,(H,15,17). The highest BCUT2D eigenvalue weighted by Crippen LogP contribution is 2.23. The second-order valence-electron chi connectivity index (χ2n) is 5.25. The van der Waals surface area contributed by atoms with E-state index in [-0.39, 0.29) is 10.7 Å². The first-order valence-corrected chi connectivity index (χ1v) is 7.99. The van der Waals surface area contributed by atoms with Gasteiger partial charge in [-0.1, -0.05) is 32.9 Å². The van der Waals surface area contributed by atoms with Crippen molar-refractivity contribution in [3.05, 3.63) is 29.3 Å². The van der Waals surface area contributed by atoms with Crippen LogP contribution in [0.1, 0.15) is 25.8 Å². The number of aromatic nitrogens is 1. The van der Waals surface area contributed by atoms with Gasteiger partial charge in [0.2, 0.25) is 5.91 Å². The monoisotopic (exact) mass is 294 g/mol. The zero-order valence-corrected chi connectivity index (χ0v) is 13.0. The molecule has 102 valence electrons. The highest BCUT2D eigenvalue weighted by atomic mass is 32.2. The molecule has 1 aromatic carbocycles. The van der Waals surface area contributed by atoms with Gasteiger partial charge in [0.15, 0.2) is 0 Å². The Morgan fingerprint density at radius 2 is 2.11 bits per heavy atom. The van der Waals surface area contributed by atoms with Crippen LogP contribution in [0.4, 0.5) is 0 Å². The fraction of sp³-hybridized carbons (Fsp3) is 0.429. The number of para-hydroxylation sites is 1. The number of thioether (sulfide) groups is 1. The lowest BCUT2D eigenvalue weighted by molar-refractivity contribution is -0.118. The molecule has 2 aromatic rings. The predicted octanol–water partition coefficient (Wildman–Crippen LogP) is 3.44. The number of rotatable bonds is 4. The molecule has 0 atom stereocenters. The third-order valence-electron chi connectivity index (χ3n) is 2.41. The Bertz CT molecular complexity index is 539. The highest BCUT2D eigenvalue weighted by molar-refractivity contribution is 8.01. The van der Waals surface area contributed by atoms with Crippen LogP contribution in [-0.4, -0.2) is 21.4 Å². The van der Waals surface area contributed by atoms with Crippen LogP contribution in [0, 0.1) is 0 Å². The van der Waals surface area contributed by atoms with Gasteiger partial charge in [-0.3, -0.25) is 4.79 Å². The highest BCUT2D eigenvalue weighted by Gasteiger charge is 2.13. The van der Waals surface area contributed by atoms with Crippen molar-refractivity contribution in [1.29, 1.82) is 0 Å². The van der Waals surface area contributed by atoms with Gasteiger partial charge in [0.25, 0.3) is 0 Å². The zero-order chi connectivity index (χ0) is 13.9. The third kappa shape index (κ3) is 4.51. The number of carbonyl (C=O) groups is 1. The van der Waals surface area contributed by atoms with E-state index in [1.54, 1.807) is 23.1 Å². The number of hydrogen-bond acceptors (Lipinski definition) is 4. The van der Waals surface area contributed by atoms with Crippen molar-refractivity contribution in [1.82, 2.24) is 10.3 Å². The van der Waals surface area contributed by atoms with Crippen LogP contribution in [0.25, 0.3) is 10.2 Å². The molecule has 0 spiro atoms. The van der Waals surface area contributed by atoms with Gasteiger partial charge < -0.3 is 5.32 Å². The molecule has 0 radical (unpaired) electrons. The third-order valence-corrected chi connectivity index (χ3v) is 4.72. The summed E-state index contributed by atoms with van der Waals surface area (Å²) >= 11 is 3.28. The van der Waals surface area contributed by atoms with Gasteiger partial charge in [0.1, 0.15) is 5.01 Å². The summed E-state index contributed by atoms with van der Waals surface area (Å²) in [6.07, 6.45) is 0. The molecule has 3 nitrogen and oxygen atoms in total. The Hall–Kier alpha value is -1.07. The summed E-state index contributed by atoms with van der Waals surface area (Å²) in [5.74, 6) is 0.563. The summed E-state index contributed by atoms with van der Waals surface area (Å²) in [6, 6.07) is 8.02. The van der Waals surface area contributed by atoms with E-state index >= 15 is 0 Å². The van der Waals surface area contributed by atoms with Crippen LogP contribution in [0.5, 0.6) is 0 Å². The zero-order valence-electron chi connectivity index (χ0n) is 11.4. The van der Waals surface area contributed by atoms with Crippen molar-refractivity contribution in [2.45, 2.75) is 32.1 Å². The lowest BCUT2D eigenvalue weighted by atomic mass is 10.3. The molecule has 5 heteroatoms. The SMILES string of the molecule is CC(C)(C)SCC(=O)NCc1nc2ccccc2s1. The van der Waals surface area contributed by atoms with Gasteiger partial charge in [-0.2, -0.15) is 0 Å². The summed E-state index contributed by atoms with van der Waals surface area (Å²) in [7, 11) is 0. The van der Waals surface area contributed by atoms with E-state index < -0.39 is 0 Å². The molecule has 0 aliphatic heterocycles. The fourth-order valence-electron chi connectivity index (χ4n) is 1.50. The van der Waals surface area contributed by atoms with E-state index in [2.05, 4.69) is 31.1 Å². The van der Waals surface area contributed by atoms with E-state index in [4.69, 9.17) is 0 Å². The Labute approximate surface area is 121 Å². The molecular formula is C14H18N2OS2. The topological polar surface area (TPSA) is 42.0 Å². The van der Waals surface area contributed by atoms with Crippen LogP contribution in [-0.2, 0) is 11.3 Å². The minimum absolute atomic E-state index is 0.0687. The number of fused-ring (bicyclic) bond motifs is 1. The quantitative estimate of drug-likeness (QED) is 0.939. The molecule has 0 saturated heterocycles. The molecule has 0 aliphatic carbocycles. The Kier molecular flexibility index (Phi) is 4.47. The van der Waals surface area contributed by atoms with Gasteiger partial charge in [0.05, 0.1) is 22.5 Å². The van der Waals surface area contributed by atoms with Crippen LogP contribution in [0.3, 0.4) is 0 Å². The van der Waals surface area contributed by atoms with Crippen molar-refractivity contribution in [2.24, 2.45) is 0 Å². The number of thiazole rings is 1. The summed E-state index contributed by atoms with van der Waals surface area (Å²) in [6.45, 7) is 6.85. The summed E-state index contributed by atoms with van der Waals surface area (Å²) < 4.78 is 1.28. The minimum Gasteiger partial charge on any atom is -0.349 e. The number of carbonyl (C=O) groups excluding carboxylic acids is 1. The van der Waals surface area contributed by atoms with Crippen molar-refractivity contribution < 1.29 is 4.79 Å². The van der Waals surface area contributed by atoms with E-state index in [0.29, 0.717) is 12.3 Å². The second kappa shape index (κ2) is 5.92. The fourth-order valence-corrected chi connectivity index (χ4v) is 3.08. The molecule has 0 fully saturated rings. The average molecular weight is 294 g/mol. The largest absolute Gasteiger partial charge is 0.349 e. The first-order chi connectivity index (χ1) is 8.94. The second-order valence-corrected chi connectivity index (χ2v) is 8.17. The van der Waals surface area contributed by atoms with E-state index in [0.717, 1.165) is 15.2 Å². The van der Waals surface area contributed by atoms with Crippen LogP contribution >= 0.6 is 23.1 Å². The molecule has 0 bridgehead atoms. The Balaban J connectivity index is 1.86. The molecule has 2 rings (SSSR count). The summed E-state index contributed by atoms with van der Waals surface area (Å²) in [5, 5.41) is 3.87.